The molecule has 1 aromatic heterocycles. The molecule has 8 nitrogen and oxygen atoms in total. The quantitative estimate of drug-likeness (QED) is 0.253. The van der Waals surface area contributed by atoms with Crippen molar-refractivity contribution < 1.29 is 54.2 Å². The highest BCUT2D eigenvalue weighted by atomic mass is 19.4. The van der Waals surface area contributed by atoms with E-state index in [1.165, 1.54) is 17.9 Å². The fourth-order valence-electron chi connectivity index (χ4n) is 7.02. The molecule has 2 aliphatic heterocycles. The lowest BCUT2D eigenvalue weighted by Crippen LogP contribution is -2.49. The van der Waals surface area contributed by atoms with Crippen LogP contribution in [0.5, 0.6) is 0 Å². The predicted octanol–water partition coefficient (Wildman–Crippen LogP) is 7.50. The normalized spacial score (nSPS) is 19.7. The zero-order valence-corrected chi connectivity index (χ0v) is 28.5. The van der Waals surface area contributed by atoms with Crippen molar-refractivity contribution in [1.29, 1.82) is 0 Å². The summed E-state index contributed by atoms with van der Waals surface area (Å²) in [6, 6.07) is 0.401. The van der Waals surface area contributed by atoms with Crippen molar-refractivity contribution in [2.24, 2.45) is 0 Å². The maximum Gasteiger partial charge on any atom is 0.419 e. The van der Waals surface area contributed by atoms with Crippen LogP contribution >= 0.6 is 0 Å². The second-order valence-electron chi connectivity index (χ2n) is 13.6. The van der Waals surface area contributed by atoms with Crippen LogP contribution in [0.1, 0.15) is 90.5 Å². The minimum atomic E-state index is -5.29. The van der Waals surface area contributed by atoms with Crippen LogP contribution in [0.15, 0.2) is 35.1 Å². The van der Waals surface area contributed by atoms with Gasteiger partial charge in [-0.25, -0.2) is 17.9 Å². The minimum absolute atomic E-state index is 0.00710. The van der Waals surface area contributed by atoms with Gasteiger partial charge in [0.25, 0.3) is 5.56 Å². The Morgan fingerprint density at radius 1 is 0.925 bits per heavy atom. The average Bonchev–Trinajstić information content (AvgIpc) is 3.02. The van der Waals surface area contributed by atoms with Gasteiger partial charge < -0.3 is 10.4 Å². The molecule has 0 unspecified atom stereocenters. The Labute approximate surface area is 298 Å². The van der Waals surface area contributed by atoms with E-state index < -0.39 is 88.5 Å². The van der Waals surface area contributed by atoms with E-state index in [0.29, 0.717) is 42.0 Å². The van der Waals surface area contributed by atoms with Gasteiger partial charge in [-0.1, -0.05) is 25.7 Å². The predicted molar refractivity (Wildman–Crippen MR) is 174 cm³/mol. The highest BCUT2D eigenvalue weighted by molar-refractivity contribution is 5.82. The van der Waals surface area contributed by atoms with E-state index in [4.69, 9.17) is 0 Å². The zero-order valence-electron chi connectivity index (χ0n) is 28.5. The summed E-state index contributed by atoms with van der Waals surface area (Å²) in [5.41, 5.74) is -5.38. The third-order valence-corrected chi connectivity index (χ3v) is 9.58. The number of aryl methyl sites for hydroxylation is 2. The Balaban J connectivity index is 1.64. The van der Waals surface area contributed by atoms with E-state index in [9.17, 15) is 54.6 Å². The largest absolute Gasteiger partial charge is 0.481 e. The van der Waals surface area contributed by atoms with Crippen LogP contribution < -0.4 is 10.9 Å². The Hall–Kier alpha value is -4.41. The third-order valence-electron chi connectivity index (χ3n) is 9.58. The number of aromatic nitrogens is 2. The van der Waals surface area contributed by atoms with Crippen molar-refractivity contribution in [2.45, 2.75) is 95.3 Å². The zero-order chi connectivity index (χ0) is 38.8. The third kappa shape index (κ3) is 9.40. The maximum absolute atomic E-state index is 15.9. The lowest BCUT2D eigenvalue weighted by Gasteiger charge is -2.34. The van der Waals surface area contributed by atoms with Crippen molar-refractivity contribution in [3.05, 3.63) is 85.8 Å². The number of carbonyl (C=O) groups excluding carboxylic acids is 1. The Kier molecular flexibility index (Phi) is 11.9. The summed E-state index contributed by atoms with van der Waals surface area (Å²) >= 11 is 0. The van der Waals surface area contributed by atoms with E-state index in [-0.39, 0.29) is 68.1 Å². The van der Waals surface area contributed by atoms with Crippen LogP contribution in [0.25, 0.3) is 11.1 Å². The number of carboxylic acids is 1. The summed E-state index contributed by atoms with van der Waals surface area (Å²) in [6.07, 6.45) is -10.7. The fourth-order valence-corrected chi connectivity index (χ4v) is 7.02. The Bertz CT molecular complexity index is 1910. The fraction of sp³-hybridized carbons (Fsp3) is 0.500. The number of carbonyl (C=O) groups is 2. The molecule has 0 radical (unpaired) electrons. The van der Waals surface area contributed by atoms with Crippen LogP contribution in [-0.4, -0.2) is 57.5 Å². The molecule has 2 aromatic carbocycles. The number of benzene rings is 2. The molecule has 2 bridgehead atoms. The molecule has 17 heteroatoms. The molecule has 0 spiro atoms. The molecular weight excluding hydrogens is 723 g/mol. The van der Waals surface area contributed by atoms with Gasteiger partial charge in [-0.05, 0) is 72.7 Å². The number of carboxylic acid groups (broad SMARTS) is 1. The average molecular weight is 761 g/mol. The first-order valence-electron chi connectivity index (χ1n) is 17.1. The summed E-state index contributed by atoms with van der Waals surface area (Å²) in [7, 11) is 0. The van der Waals surface area contributed by atoms with Gasteiger partial charge in [0.2, 0.25) is 5.91 Å². The molecular formula is C36H37F9N4O4. The second-order valence-corrected chi connectivity index (χ2v) is 13.6. The van der Waals surface area contributed by atoms with Gasteiger partial charge in [0, 0.05) is 37.7 Å². The van der Waals surface area contributed by atoms with Gasteiger partial charge in [-0.2, -0.15) is 31.4 Å². The van der Waals surface area contributed by atoms with Gasteiger partial charge >= 0.3 is 18.3 Å². The molecule has 5 rings (SSSR count). The Morgan fingerprint density at radius 3 is 2.23 bits per heavy atom. The number of rotatable bonds is 6. The highest BCUT2D eigenvalue weighted by Gasteiger charge is 2.40. The molecule has 1 amide bonds. The first-order chi connectivity index (χ1) is 24.8. The number of nitrogens with zero attached hydrogens (tertiary/aromatic N) is 3. The minimum Gasteiger partial charge on any atom is -0.481 e. The first-order valence-corrected chi connectivity index (χ1v) is 17.1. The standard InChI is InChI=1S/C36H37F9N4O4/c1-19-11-22(37)12-20-7-5-3-2-4-6-8-29(49-30(50)15-25(35(40,41)42)27(47-49)9-10-48-17-23(38)18-48)34(53)46-28(16-31(51)52)24-13-21(32(19)20)14-26(33(24)39)36(43,44)45/h11-15,23,28-29H,2-10,16-18H2,1H3,(H,46,53)(H,51,52)/t28-,29-/m0/s1. The van der Waals surface area contributed by atoms with Crippen molar-refractivity contribution in [3.63, 3.8) is 0 Å². The van der Waals surface area contributed by atoms with Crippen LogP contribution in [0.2, 0.25) is 0 Å². The lowest BCUT2D eigenvalue weighted by atomic mass is 9.87. The number of alkyl halides is 7. The SMILES string of the molecule is Cc1cc(F)cc2c1-c1cc(c(F)c(C(F)(F)F)c1)[C@H](CC(=O)O)NC(=O)[C@@H](n1nc(CCN3CC(F)C3)c(C(F)(F)F)cc1=O)CCCCCCC2. The summed E-state index contributed by atoms with van der Waals surface area (Å²) in [6.45, 7) is 1.40. The molecule has 0 saturated carbocycles. The first kappa shape index (κ1) is 39.8. The molecule has 2 atom stereocenters. The van der Waals surface area contributed by atoms with E-state index in [2.05, 4.69) is 10.4 Å². The number of nitrogens with one attached hydrogen (secondary N) is 1. The topological polar surface area (TPSA) is 105 Å². The van der Waals surface area contributed by atoms with Crippen LogP contribution in [0.3, 0.4) is 0 Å². The van der Waals surface area contributed by atoms with Gasteiger partial charge in [0.1, 0.15) is 23.8 Å². The van der Waals surface area contributed by atoms with E-state index in [1.54, 1.807) is 0 Å². The number of fused-ring (bicyclic) bond motifs is 4. The Morgan fingerprint density at radius 2 is 1.58 bits per heavy atom. The number of aliphatic carboxylic acids is 1. The smallest absolute Gasteiger partial charge is 0.419 e. The number of amides is 1. The van der Waals surface area contributed by atoms with Crippen LogP contribution in [-0.2, 0) is 34.8 Å². The molecule has 3 heterocycles. The van der Waals surface area contributed by atoms with Crippen molar-refractivity contribution in [1.82, 2.24) is 20.0 Å². The van der Waals surface area contributed by atoms with Crippen LogP contribution in [0, 0.1) is 18.6 Å². The number of halogens is 9. The molecule has 2 N–H and O–H groups in total. The highest BCUT2D eigenvalue weighted by Crippen LogP contribution is 2.41. The monoisotopic (exact) mass is 760 g/mol. The van der Waals surface area contributed by atoms with E-state index in [1.807, 2.05) is 0 Å². The molecule has 53 heavy (non-hydrogen) atoms. The molecule has 3 aromatic rings. The van der Waals surface area contributed by atoms with Gasteiger partial charge in [0.05, 0.1) is 29.3 Å². The van der Waals surface area contributed by atoms with E-state index >= 15 is 4.39 Å². The summed E-state index contributed by atoms with van der Waals surface area (Å²) in [5, 5.41) is 16.0. The number of likely N-dealkylation sites (tertiary alicyclic amines) is 1. The second kappa shape index (κ2) is 15.9. The van der Waals surface area contributed by atoms with Crippen molar-refractivity contribution in [2.75, 3.05) is 19.6 Å². The molecule has 1 saturated heterocycles. The van der Waals surface area contributed by atoms with Gasteiger partial charge in [-0.15, -0.1) is 0 Å². The number of hydrogen-bond donors (Lipinski definition) is 2. The summed E-state index contributed by atoms with van der Waals surface area (Å²) < 4.78 is 129. The number of hydrogen-bond acceptors (Lipinski definition) is 5. The summed E-state index contributed by atoms with van der Waals surface area (Å²) in [4.78, 5) is 40.8. The van der Waals surface area contributed by atoms with Gasteiger partial charge in [0.15, 0.2) is 0 Å². The lowest BCUT2D eigenvalue weighted by molar-refractivity contribution is -0.140. The van der Waals surface area contributed by atoms with Crippen molar-refractivity contribution >= 4 is 11.9 Å². The summed E-state index contributed by atoms with van der Waals surface area (Å²) in [5.74, 6) is -5.35. The van der Waals surface area contributed by atoms with Crippen LogP contribution in [0.4, 0.5) is 39.5 Å². The molecule has 0 aliphatic carbocycles. The molecule has 1 fully saturated rings. The molecule has 288 valence electrons. The maximum atomic E-state index is 15.9. The van der Waals surface area contributed by atoms with E-state index in [0.717, 1.165) is 12.1 Å². The van der Waals surface area contributed by atoms with Gasteiger partial charge in [-0.3, -0.25) is 19.3 Å². The van der Waals surface area contributed by atoms with Crippen molar-refractivity contribution in [3.8, 4) is 11.1 Å². The molecule has 2 aliphatic rings.